The molecule has 1 rings (SSSR count). The fourth-order valence-corrected chi connectivity index (χ4v) is 1.45. The van der Waals surface area contributed by atoms with Gasteiger partial charge in [0.05, 0.1) is 0 Å². The molecular formula is C10H15OP. The van der Waals surface area contributed by atoms with Gasteiger partial charge in [-0.3, -0.25) is 0 Å². The molecule has 1 nitrogen and oxygen atoms in total. The quantitative estimate of drug-likeness (QED) is 0.661. The average Bonchev–Trinajstić information content (AvgIpc) is 2.00. The van der Waals surface area contributed by atoms with E-state index >= 15 is 0 Å². The van der Waals surface area contributed by atoms with E-state index in [4.69, 9.17) is 0 Å². The Bertz CT molecular complexity index is 292. The van der Waals surface area contributed by atoms with E-state index in [0.717, 1.165) is 16.4 Å². The molecular weight excluding hydrogens is 167 g/mol. The summed E-state index contributed by atoms with van der Waals surface area (Å²) in [7, 11) is 2.57. The standard InChI is InChI=1S/C10H15OP/c1-6(2)8-5-4-7(3)10(12)9(8)11/h4-6,11H,12H2,1-3H3. The summed E-state index contributed by atoms with van der Waals surface area (Å²) in [4.78, 5) is 0. The van der Waals surface area contributed by atoms with Crippen LogP contribution in [0.2, 0.25) is 0 Å². The van der Waals surface area contributed by atoms with Crippen molar-refractivity contribution in [3.05, 3.63) is 23.3 Å². The van der Waals surface area contributed by atoms with Crippen LogP contribution in [0.25, 0.3) is 0 Å². The van der Waals surface area contributed by atoms with E-state index in [0.29, 0.717) is 11.7 Å². The molecule has 0 amide bonds. The Labute approximate surface area is 76.0 Å². The maximum Gasteiger partial charge on any atom is 0.126 e. The van der Waals surface area contributed by atoms with Gasteiger partial charge in [-0.2, -0.15) is 0 Å². The second-order valence-electron chi connectivity index (χ2n) is 3.39. The van der Waals surface area contributed by atoms with E-state index in [9.17, 15) is 5.11 Å². The van der Waals surface area contributed by atoms with Gasteiger partial charge in [0, 0.05) is 5.30 Å². The molecule has 0 aromatic heterocycles. The highest BCUT2D eigenvalue weighted by molar-refractivity contribution is 7.28. The van der Waals surface area contributed by atoms with E-state index in [-0.39, 0.29) is 0 Å². The van der Waals surface area contributed by atoms with Crippen molar-refractivity contribution in [3.8, 4) is 5.75 Å². The first-order valence-corrected chi connectivity index (χ1v) is 4.69. The van der Waals surface area contributed by atoms with E-state index in [1.807, 2.05) is 19.1 Å². The Balaban J connectivity index is 3.27. The molecule has 1 unspecified atom stereocenters. The van der Waals surface area contributed by atoms with Gasteiger partial charge >= 0.3 is 0 Å². The van der Waals surface area contributed by atoms with Gasteiger partial charge in [-0.25, -0.2) is 0 Å². The van der Waals surface area contributed by atoms with Crippen molar-refractivity contribution in [2.75, 3.05) is 0 Å². The fourth-order valence-electron chi connectivity index (χ4n) is 1.19. The summed E-state index contributed by atoms with van der Waals surface area (Å²) in [6.45, 7) is 6.15. The summed E-state index contributed by atoms with van der Waals surface area (Å²) in [5, 5.41) is 10.6. The number of rotatable bonds is 1. The van der Waals surface area contributed by atoms with Crippen LogP contribution in [0.5, 0.6) is 5.75 Å². The molecule has 0 aliphatic rings. The molecule has 0 saturated carbocycles. The largest absolute Gasteiger partial charge is 0.507 e. The van der Waals surface area contributed by atoms with Crippen molar-refractivity contribution in [2.45, 2.75) is 26.7 Å². The topological polar surface area (TPSA) is 20.2 Å². The Morgan fingerprint density at radius 2 is 1.92 bits per heavy atom. The summed E-state index contributed by atoms with van der Waals surface area (Å²) in [5.74, 6) is 0.805. The number of hydrogen-bond donors (Lipinski definition) is 1. The van der Waals surface area contributed by atoms with Crippen molar-refractivity contribution >= 4 is 14.5 Å². The molecule has 1 atom stereocenters. The molecule has 0 spiro atoms. The fraction of sp³-hybridized carbons (Fsp3) is 0.400. The number of hydrogen-bond acceptors (Lipinski definition) is 1. The maximum absolute atomic E-state index is 9.73. The zero-order chi connectivity index (χ0) is 9.30. The molecule has 0 aliphatic heterocycles. The molecule has 1 aromatic rings. The van der Waals surface area contributed by atoms with E-state index in [1.54, 1.807) is 0 Å². The van der Waals surface area contributed by atoms with Gasteiger partial charge in [0.25, 0.3) is 0 Å². The van der Waals surface area contributed by atoms with Crippen molar-refractivity contribution in [3.63, 3.8) is 0 Å². The van der Waals surface area contributed by atoms with Gasteiger partial charge in [-0.1, -0.05) is 26.0 Å². The minimum atomic E-state index is 0.380. The Morgan fingerprint density at radius 1 is 1.33 bits per heavy atom. The van der Waals surface area contributed by atoms with Crippen molar-refractivity contribution in [1.82, 2.24) is 0 Å². The van der Waals surface area contributed by atoms with Crippen LogP contribution in [0, 0.1) is 6.92 Å². The second kappa shape index (κ2) is 3.45. The summed E-state index contributed by atoms with van der Waals surface area (Å²) in [6, 6.07) is 4.03. The van der Waals surface area contributed by atoms with Crippen LogP contribution in [0.15, 0.2) is 12.1 Å². The molecule has 0 saturated heterocycles. The van der Waals surface area contributed by atoms with Crippen LogP contribution >= 0.6 is 9.24 Å². The van der Waals surface area contributed by atoms with Crippen LogP contribution in [0.3, 0.4) is 0 Å². The monoisotopic (exact) mass is 182 g/mol. The van der Waals surface area contributed by atoms with Gasteiger partial charge in [0.2, 0.25) is 0 Å². The first kappa shape index (κ1) is 9.54. The molecule has 0 bridgehead atoms. The van der Waals surface area contributed by atoms with Crippen molar-refractivity contribution in [2.24, 2.45) is 0 Å². The van der Waals surface area contributed by atoms with Crippen LogP contribution in [-0.2, 0) is 0 Å². The molecule has 12 heavy (non-hydrogen) atoms. The van der Waals surface area contributed by atoms with Crippen LogP contribution < -0.4 is 5.30 Å². The molecule has 66 valence electrons. The number of phenols is 1. The van der Waals surface area contributed by atoms with E-state index in [2.05, 4.69) is 23.1 Å². The lowest BCUT2D eigenvalue weighted by molar-refractivity contribution is 0.469. The van der Waals surface area contributed by atoms with Gasteiger partial charge < -0.3 is 5.11 Å². The molecule has 0 fully saturated rings. The Kier molecular flexibility index (Phi) is 2.74. The molecule has 0 radical (unpaired) electrons. The summed E-state index contributed by atoms with van der Waals surface area (Å²) < 4.78 is 0. The molecule has 1 aromatic carbocycles. The third-order valence-electron chi connectivity index (χ3n) is 2.09. The summed E-state index contributed by atoms with van der Waals surface area (Å²) >= 11 is 0. The highest BCUT2D eigenvalue weighted by atomic mass is 31.0. The smallest absolute Gasteiger partial charge is 0.126 e. The Hall–Kier alpha value is -0.550. The zero-order valence-corrected chi connectivity index (χ0v) is 8.91. The summed E-state index contributed by atoms with van der Waals surface area (Å²) in [6.07, 6.45) is 0. The minimum absolute atomic E-state index is 0.380. The third-order valence-corrected chi connectivity index (χ3v) is 2.82. The lowest BCUT2D eigenvalue weighted by atomic mass is 10.0. The Morgan fingerprint density at radius 3 is 2.42 bits per heavy atom. The first-order valence-electron chi connectivity index (χ1n) is 4.12. The number of benzene rings is 1. The van der Waals surface area contributed by atoms with Gasteiger partial charge in [0.1, 0.15) is 5.75 Å². The minimum Gasteiger partial charge on any atom is -0.507 e. The second-order valence-corrected chi connectivity index (χ2v) is 3.97. The van der Waals surface area contributed by atoms with E-state index < -0.39 is 0 Å². The third kappa shape index (κ3) is 1.61. The van der Waals surface area contributed by atoms with Crippen LogP contribution in [0.4, 0.5) is 0 Å². The molecule has 1 N–H and O–H groups in total. The maximum atomic E-state index is 9.73. The number of aromatic hydroxyl groups is 1. The number of aryl methyl sites for hydroxylation is 1. The average molecular weight is 182 g/mol. The lowest BCUT2D eigenvalue weighted by Gasteiger charge is -2.11. The zero-order valence-electron chi connectivity index (χ0n) is 7.76. The highest BCUT2D eigenvalue weighted by Crippen LogP contribution is 2.25. The highest BCUT2D eigenvalue weighted by Gasteiger charge is 2.08. The van der Waals surface area contributed by atoms with Crippen molar-refractivity contribution < 1.29 is 5.11 Å². The van der Waals surface area contributed by atoms with Crippen LogP contribution in [0.1, 0.15) is 30.9 Å². The van der Waals surface area contributed by atoms with E-state index in [1.165, 1.54) is 0 Å². The van der Waals surface area contributed by atoms with Gasteiger partial charge in [-0.15, -0.1) is 9.24 Å². The first-order chi connectivity index (χ1) is 5.54. The van der Waals surface area contributed by atoms with Gasteiger partial charge in [-0.05, 0) is 24.0 Å². The van der Waals surface area contributed by atoms with Gasteiger partial charge in [0.15, 0.2) is 0 Å². The SMILES string of the molecule is Cc1ccc(C(C)C)c(O)c1P. The molecule has 0 aliphatic carbocycles. The normalized spacial score (nSPS) is 10.8. The number of phenolic OH excluding ortho intramolecular Hbond substituents is 1. The predicted octanol–water partition coefficient (Wildman–Crippen LogP) is 2.32. The molecule has 0 heterocycles. The van der Waals surface area contributed by atoms with Crippen molar-refractivity contribution in [1.29, 1.82) is 0 Å². The summed E-state index contributed by atoms with van der Waals surface area (Å²) in [5.41, 5.74) is 2.13. The molecule has 2 heteroatoms. The lowest BCUT2D eigenvalue weighted by Crippen LogP contribution is -2.02. The van der Waals surface area contributed by atoms with Crippen LogP contribution in [-0.4, -0.2) is 5.11 Å². The predicted molar refractivity (Wildman–Crippen MR) is 56.3 cm³/mol.